The zero-order valence-electron chi connectivity index (χ0n) is 6.98. The first-order chi connectivity index (χ1) is 6.70. The molecule has 0 atom stereocenters. The Morgan fingerprint density at radius 3 is 2.79 bits per heavy atom. The van der Waals surface area contributed by atoms with E-state index in [1.54, 1.807) is 0 Å². The van der Waals surface area contributed by atoms with Gasteiger partial charge in [0, 0.05) is 17.6 Å². The van der Waals surface area contributed by atoms with Crippen LogP contribution in [-0.4, -0.2) is 9.91 Å². The lowest BCUT2D eigenvalue weighted by Crippen LogP contribution is -1.91. The molecule has 1 heterocycles. The molecule has 0 aliphatic heterocycles. The van der Waals surface area contributed by atoms with E-state index in [2.05, 4.69) is 4.98 Å². The molecule has 1 aromatic heterocycles. The van der Waals surface area contributed by atoms with Crippen LogP contribution >= 0.6 is 0 Å². The molecule has 2 aromatic rings. The van der Waals surface area contributed by atoms with Crippen molar-refractivity contribution in [3.05, 3.63) is 46.5 Å². The van der Waals surface area contributed by atoms with Crippen LogP contribution in [0.15, 0.2) is 30.5 Å². The van der Waals surface area contributed by atoms with E-state index in [-0.39, 0.29) is 16.5 Å². The summed E-state index contributed by atoms with van der Waals surface area (Å²) < 4.78 is 13.1. The van der Waals surface area contributed by atoms with E-state index in [0.29, 0.717) is 0 Å². The summed E-state index contributed by atoms with van der Waals surface area (Å²) in [7, 11) is 0. The lowest BCUT2D eigenvalue weighted by Gasteiger charge is -1.98. The maximum Gasteiger partial charge on any atom is 0.277 e. The van der Waals surface area contributed by atoms with Gasteiger partial charge in [0.05, 0.1) is 10.3 Å². The monoisotopic (exact) mass is 192 g/mol. The first kappa shape index (κ1) is 8.55. The fourth-order valence-electron chi connectivity index (χ4n) is 1.31. The highest BCUT2D eigenvalue weighted by molar-refractivity contribution is 5.90. The van der Waals surface area contributed by atoms with Crippen molar-refractivity contribution in [1.29, 1.82) is 0 Å². The standard InChI is InChI=1S/C9H5FN2O2/c10-9-7-2-1-3-8(12(13)14)6(7)4-5-11-9/h1-5H. The highest BCUT2D eigenvalue weighted by Gasteiger charge is 2.12. The summed E-state index contributed by atoms with van der Waals surface area (Å²) in [6.45, 7) is 0. The van der Waals surface area contributed by atoms with Crippen LogP contribution in [0.25, 0.3) is 10.8 Å². The number of halogens is 1. The Morgan fingerprint density at radius 1 is 1.29 bits per heavy atom. The number of fused-ring (bicyclic) bond motifs is 1. The van der Waals surface area contributed by atoms with Gasteiger partial charge in [-0.05, 0) is 12.1 Å². The Morgan fingerprint density at radius 2 is 2.07 bits per heavy atom. The summed E-state index contributed by atoms with van der Waals surface area (Å²) in [6, 6.07) is 5.66. The molecule has 14 heavy (non-hydrogen) atoms. The van der Waals surface area contributed by atoms with Crippen LogP contribution in [0.3, 0.4) is 0 Å². The second-order valence-corrected chi connectivity index (χ2v) is 2.73. The highest BCUT2D eigenvalue weighted by atomic mass is 19.1. The molecule has 0 unspecified atom stereocenters. The molecule has 4 nitrogen and oxygen atoms in total. The fourth-order valence-corrected chi connectivity index (χ4v) is 1.31. The van der Waals surface area contributed by atoms with Crippen molar-refractivity contribution in [2.45, 2.75) is 0 Å². The molecule has 0 N–H and O–H groups in total. The number of non-ortho nitro benzene ring substituents is 1. The van der Waals surface area contributed by atoms with E-state index in [1.807, 2.05) is 0 Å². The molecule has 0 spiro atoms. The number of benzene rings is 1. The quantitative estimate of drug-likeness (QED) is 0.395. The Labute approximate surface area is 78.2 Å². The lowest BCUT2D eigenvalue weighted by molar-refractivity contribution is -0.383. The second kappa shape index (κ2) is 3.02. The van der Waals surface area contributed by atoms with Gasteiger partial charge < -0.3 is 0 Å². The second-order valence-electron chi connectivity index (χ2n) is 2.73. The van der Waals surface area contributed by atoms with Crippen LogP contribution in [0.5, 0.6) is 0 Å². The number of hydrogen-bond donors (Lipinski definition) is 0. The van der Waals surface area contributed by atoms with Crippen molar-refractivity contribution in [3.8, 4) is 0 Å². The van der Waals surface area contributed by atoms with Crippen molar-refractivity contribution < 1.29 is 9.31 Å². The maximum absolute atomic E-state index is 13.1. The smallest absolute Gasteiger partial charge is 0.258 e. The number of nitro groups is 1. The number of rotatable bonds is 1. The van der Waals surface area contributed by atoms with Gasteiger partial charge in [0.25, 0.3) is 5.69 Å². The molecule has 0 bridgehead atoms. The van der Waals surface area contributed by atoms with Gasteiger partial charge in [0.15, 0.2) is 0 Å². The third kappa shape index (κ3) is 1.19. The van der Waals surface area contributed by atoms with Crippen LogP contribution in [0.2, 0.25) is 0 Å². The molecule has 0 saturated carbocycles. The van der Waals surface area contributed by atoms with Gasteiger partial charge in [-0.25, -0.2) is 4.98 Å². The van der Waals surface area contributed by atoms with E-state index in [4.69, 9.17) is 0 Å². The normalized spacial score (nSPS) is 10.4. The maximum atomic E-state index is 13.1. The highest BCUT2D eigenvalue weighted by Crippen LogP contribution is 2.25. The van der Waals surface area contributed by atoms with Crippen molar-refractivity contribution in [3.63, 3.8) is 0 Å². The van der Waals surface area contributed by atoms with Crippen LogP contribution in [0.4, 0.5) is 10.1 Å². The minimum atomic E-state index is -0.689. The number of nitrogens with zero attached hydrogens (tertiary/aromatic N) is 2. The molecule has 0 aliphatic rings. The zero-order chi connectivity index (χ0) is 10.1. The lowest BCUT2D eigenvalue weighted by atomic mass is 10.1. The Bertz CT molecular complexity index is 513. The predicted octanol–water partition coefficient (Wildman–Crippen LogP) is 2.28. The number of nitro benzene ring substituents is 1. The molecule has 0 amide bonds. The minimum absolute atomic E-state index is 0.108. The number of aromatic nitrogens is 1. The Kier molecular flexibility index (Phi) is 1.85. The average molecular weight is 192 g/mol. The molecular weight excluding hydrogens is 187 g/mol. The first-order valence-electron chi connectivity index (χ1n) is 3.88. The van der Waals surface area contributed by atoms with Crippen molar-refractivity contribution >= 4 is 16.5 Å². The van der Waals surface area contributed by atoms with Gasteiger partial charge in [-0.15, -0.1) is 0 Å². The van der Waals surface area contributed by atoms with Crippen LogP contribution < -0.4 is 0 Å². The molecule has 0 aliphatic carbocycles. The fraction of sp³-hybridized carbons (Fsp3) is 0. The molecule has 70 valence electrons. The van der Waals surface area contributed by atoms with Crippen molar-refractivity contribution in [2.24, 2.45) is 0 Å². The van der Waals surface area contributed by atoms with Crippen LogP contribution in [0, 0.1) is 16.1 Å². The Hall–Kier alpha value is -2.04. The molecule has 0 radical (unpaired) electrons. The Balaban J connectivity index is 2.88. The van der Waals surface area contributed by atoms with Gasteiger partial charge in [0.1, 0.15) is 0 Å². The first-order valence-corrected chi connectivity index (χ1v) is 3.88. The summed E-state index contributed by atoms with van der Waals surface area (Å²) in [5, 5.41) is 11.0. The van der Waals surface area contributed by atoms with Crippen LogP contribution in [0.1, 0.15) is 0 Å². The van der Waals surface area contributed by atoms with Gasteiger partial charge in [0.2, 0.25) is 5.95 Å². The summed E-state index contributed by atoms with van der Waals surface area (Å²) in [5.74, 6) is -0.689. The van der Waals surface area contributed by atoms with E-state index in [9.17, 15) is 14.5 Å². The largest absolute Gasteiger partial charge is 0.277 e. The van der Waals surface area contributed by atoms with Gasteiger partial charge >= 0.3 is 0 Å². The van der Waals surface area contributed by atoms with Gasteiger partial charge in [-0.1, -0.05) is 6.07 Å². The minimum Gasteiger partial charge on any atom is -0.258 e. The van der Waals surface area contributed by atoms with Crippen molar-refractivity contribution in [1.82, 2.24) is 4.98 Å². The summed E-state index contributed by atoms with van der Waals surface area (Å²) in [5.41, 5.74) is -0.108. The number of hydrogen-bond acceptors (Lipinski definition) is 3. The third-order valence-electron chi connectivity index (χ3n) is 1.93. The van der Waals surface area contributed by atoms with E-state index in [1.165, 1.54) is 30.5 Å². The summed E-state index contributed by atoms with van der Waals surface area (Å²) in [4.78, 5) is 13.5. The molecule has 0 fully saturated rings. The van der Waals surface area contributed by atoms with E-state index < -0.39 is 10.9 Å². The predicted molar refractivity (Wildman–Crippen MR) is 48.4 cm³/mol. The SMILES string of the molecule is O=[N+]([O-])c1cccc2c(F)nccc12. The van der Waals surface area contributed by atoms with Gasteiger partial charge in [-0.2, -0.15) is 4.39 Å². The van der Waals surface area contributed by atoms with E-state index >= 15 is 0 Å². The van der Waals surface area contributed by atoms with Crippen molar-refractivity contribution in [2.75, 3.05) is 0 Å². The molecule has 0 saturated heterocycles. The molecule has 2 rings (SSSR count). The molecule has 5 heteroatoms. The zero-order valence-corrected chi connectivity index (χ0v) is 6.98. The third-order valence-corrected chi connectivity index (χ3v) is 1.93. The average Bonchev–Trinajstić information content (AvgIpc) is 2.17. The molecular formula is C9H5FN2O2. The van der Waals surface area contributed by atoms with Gasteiger partial charge in [-0.3, -0.25) is 10.1 Å². The van der Waals surface area contributed by atoms with E-state index in [0.717, 1.165) is 0 Å². The number of pyridine rings is 1. The summed E-state index contributed by atoms with van der Waals surface area (Å²) in [6.07, 6.45) is 1.21. The summed E-state index contributed by atoms with van der Waals surface area (Å²) >= 11 is 0. The van der Waals surface area contributed by atoms with Crippen LogP contribution in [-0.2, 0) is 0 Å². The topological polar surface area (TPSA) is 56.0 Å². The molecule has 1 aromatic carbocycles.